The summed E-state index contributed by atoms with van der Waals surface area (Å²) in [4.78, 5) is 30.1. The number of aromatic nitrogens is 1. The molecule has 3 amide bonds. The van der Waals surface area contributed by atoms with Crippen LogP contribution >= 0.6 is 18.7 Å². The highest BCUT2D eigenvalue weighted by atomic mass is 35.5. The number of hydrogen-bond acceptors (Lipinski definition) is 4. The number of anilines is 2. The maximum absolute atomic E-state index is 15.3. The van der Waals surface area contributed by atoms with Crippen molar-refractivity contribution < 1.29 is 27.3 Å². The average Bonchev–Trinajstić information content (AvgIpc) is 2.82. The van der Waals surface area contributed by atoms with Crippen LogP contribution in [-0.2, 0) is 9.36 Å². The van der Waals surface area contributed by atoms with E-state index >= 15 is 8.78 Å². The lowest BCUT2D eigenvalue weighted by Gasteiger charge is -2.33. The number of pyridine rings is 1. The molecule has 194 valence electrons. The van der Waals surface area contributed by atoms with E-state index < -0.39 is 54.1 Å². The summed E-state index contributed by atoms with van der Waals surface area (Å²) in [6.45, 7) is 3.18. The highest BCUT2D eigenvalue weighted by Gasteiger charge is 2.34. The first kappa shape index (κ1) is 26.7. The minimum Gasteiger partial charge on any atom is -0.326 e. The fraction of sp³-hybridized carbons (Fsp3) is 0.240. The van der Waals surface area contributed by atoms with Crippen molar-refractivity contribution in [2.24, 2.45) is 0 Å². The van der Waals surface area contributed by atoms with E-state index in [0.29, 0.717) is 17.3 Å². The molecule has 37 heavy (non-hydrogen) atoms. The van der Waals surface area contributed by atoms with Crippen molar-refractivity contribution in [3.8, 4) is 11.1 Å². The van der Waals surface area contributed by atoms with Gasteiger partial charge >= 0.3 is 6.03 Å². The van der Waals surface area contributed by atoms with Gasteiger partial charge in [0.1, 0.15) is 18.9 Å². The number of piperidine rings is 1. The standard InChI is InChI=1S/C25H23ClF3N4O3P/c1-37(2,36)21-8-4-3-6-16(21)14-10-17(27)22(18(28)11-14)33-9-5-7-20(24(33)34)31-25(35)32-23-19(29)12-15(26)13-30-23/h3-4,6,8,10-13,20H,5,7,9H2,1-2H3,(H2,30,31,32,35)/t20-/m1/s1. The quantitative estimate of drug-likeness (QED) is 0.417. The molecular formula is C25H23ClF3N4O3P. The Kier molecular flexibility index (Phi) is 7.62. The number of nitrogens with one attached hydrogen (secondary N) is 2. The molecule has 4 rings (SSSR count). The number of nitrogens with zero attached hydrogens (tertiary/aromatic N) is 2. The fourth-order valence-electron chi connectivity index (χ4n) is 4.21. The van der Waals surface area contributed by atoms with Gasteiger partial charge in [-0.15, -0.1) is 0 Å². The molecule has 1 fully saturated rings. The average molecular weight is 551 g/mol. The van der Waals surface area contributed by atoms with E-state index in [2.05, 4.69) is 15.6 Å². The molecule has 2 heterocycles. The van der Waals surface area contributed by atoms with Crippen LogP contribution in [0.4, 0.5) is 29.5 Å². The second-order valence-electron chi connectivity index (χ2n) is 8.92. The topological polar surface area (TPSA) is 91.4 Å². The molecule has 2 aromatic carbocycles. The SMILES string of the molecule is CP(C)(=O)c1ccccc1-c1cc(F)c(N2CCC[C@@H](NC(=O)Nc3ncc(Cl)cc3F)C2=O)c(F)c1. The molecule has 0 spiro atoms. The summed E-state index contributed by atoms with van der Waals surface area (Å²) in [6.07, 6.45) is 1.71. The zero-order chi connectivity index (χ0) is 26.9. The normalized spacial score (nSPS) is 16.0. The lowest BCUT2D eigenvalue weighted by Crippen LogP contribution is -2.53. The van der Waals surface area contributed by atoms with Crippen LogP contribution in [0, 0.1) is 17.5 Å². The van der Waals surface area contributed by atoms with E-state index in [-0.39, 0.29) is 23.6 Å². The van der Waals surface area contributed by atoms with Crippen LogP contribution in [0.1, 0.15) is 12.8 Å². The number of rotatable bonds is 5. The van der Waals surface area contributed by atoms with E-state index in [0.717, 1.165) is 29.3 Å². The summed E-state index contributed by atoms with van der Waals surface area (Å²) in [6, 6.07) is 7.81. The lowest BCUT2D eigenvalue weighted by atomic mass is 10.0. The highest BCUT2D eigenvalue weighted by Crippen LogP contribution is 2.40. The maximum atomic E-state index is 15.3. The molecule has 2 N–H and O–H groups in total. The fourth-order valence-corrected chi connectivity index (χ4v) is 5.58. The summed E-state index contributed by atoms with van der Waals surface area (Å²) in [5.41, 5.74) is 0.0819. The van der Waals surface area contributed by atoms with Crippen molar-refractivity contribution in [3.05, 3.63) is 71.1 Å². The minimum atomic E-state index is -2.74. The Hall–Kier alpha value is -3.36. The number of halogens is 4. The van der Waals surface area contributed by atoms with Gasteiger partial charge in [0.25, 0.3) is 0 Å². The van der Waals surface area contributed by atoms with Crippen molar-refractivity contribution >= 4 is 47.5 Å². The summed E-state index contributed by atoms with van der Waals surface area (Å²) in [5.74, 6) is -3.93. The van der Waals surface area contributed by atoms with Gasteiger partial charge in [-0.05, 0) is 55.5 Å². The minimum absolute atomic E-state index is 0.0366. The van der Waals surface area contributed by atoms with Crippen LogP contribution in [0.3, 0.4) is 0 Å². The van der Waals surface area contributed by atoms with Crippen LogP contribution in [0.2, 0.25) is 5.02 Å². The first-order chi connectivity index (χ1) is 17.5. The van der Waals surface area contributed by atoms with E-state index in [1.165, 1.54) is 0 Å². The van der Waals surface area contributed by atoms with Crippen molar-refractivity contribution in [2.45, 2.75) is 18.9 Å². The molecule has 1 aromatic heterocycles. The zero-order valence-corrected chi connectivity index (χ0v) is 21.5. The first-order valence-corrected chi connectivity index (χ1v) is 14.3. The van der Waals surface area contributed by atoms with Crippen molar-refractivity contribution in [3.63, 3.8) is 0 Å². The predicted molar refractivity (Wildman–Crippen MR) is 138 cm³/mol. The maximum Gasteiger partial charge on any atom is 0.321 e. The Labute approximate surface area is 216 Å². The Bertz CT molecular complexity index is 1410. The highest BCUT2D eigenvalue weighted by molar-refractivity contribution is 7.70. The van der Waals surface area contributed by atoms with Crippen LogP contribution in [0.25, 0.3) is 11.1 Å². The second-order valence-corrected chi connectivity index (χ2v) is 12.5. The van der Waals surface area contributed by atoms with E-state index in [1.54, 1.807) is 37.6 Å². The molecule has 1 aliphatic heterocycles. The monoisotopic (exact) mass is 550 g/mol. The second kappa shape index (κ2) is 10.6. The first-order valence-electron chi connectivity index (χ1n) is 11.3. The molecule has 1 aliphatic rings. The Morgan fingerprint density at radius 3 is 2.43 bits per heavy atom. The van der Waals surface area contributed by atoms with Gasteiger partial charge in [0.15, 0.2) is 23.3 Å². The van der Waals surface area contributed by atoms with Crippen molar-refractivity contribution in [1.29, 1.82) is 0 Å². The van der Waals surface area contributed by atoms with Gasteiger partial charge in [-0.2, -0.15) is 0 Å². The van der Waals surface area contributed by atoms with Crippen LogP contribution < -0.4 is 20.8 Å². The smallest absolute Gasteiger partial charge is 0.321 e. The number of carbonyl (C=O) groups excluding carboxylic acids is 2. The summed E-state index contributed by atoms with van der Waals surface area (Å²) in [5, 5.41) is 5.12. The molecule has 0 radical (unpaired) electrons. The van der Waals surface area contributed by atoms with Gasteiger partial charge in [-0.1, -0.05) is 35.9 Å². The Morgan fingerprint density at radius 1 is 1.11 bits per heavy atom. The molecular weight excluding hydrogens is 528 g/mol. The van der Waals surface area contributed by atoms with Gasteiger partial charge in [0.2, 0.25) is 5.91 Å². The molecule has 12 heteroatoms. The summed E-state index contributed by atoms with van der Waals surface area (Å²) in [7, 11) is -2.74. The molecule has 0 unspecified atom stereocenters. The molecule has 1 saturated heterocycles. The third-order valence-corrected chi connectivity index (χ3v) is 7.62. The number of amides is 3. The van der Waals surface area contributed by atoms with Gasteiger partial charge in [-0.25, -0.2) is 22.9 Å². The molecule has 0 saturated carbocycles. The molecule has 0 aliphatic carbocycles. The van der Waals surface area contributed by atoms with E-state index in [9.17, 15) is 18.5 Å². The lowest BCUT2D eigenvalue weighted by molar-refractivity contribution is -0.121. The number of carbonyl (C=O) groups is 2. The van der Waals surface area contributed by atoms with E-state index in [4.69, 9.17) is 11.6 Å². The summed E-state index contributed by atoms with van der Waals surface area (Å²) < 4.78 is 57.2. The molecule has 1 atom stereocenters. The zero-order valence-electron chi connectivity index (χ0n) is 19.9. The molecule has 0 bridgehead atoms. The van der Waals surface area contributed by atoms with Gasteiger partial charge in [0.05, 0.1) is 5.02 Å². The number of urea groups is 1. The van der Waals surface area contributed by atoms with Crippen LogP contribution in [0.15, 0.2) is 48.7 Å². The Balaban J connectivity index is 1.56. The van der Waals surface area contributed by atoms with Gasteiger partial charge in [-0.3, -0.25) is 10.1 Å². The number of hydrogen-bond donors (Lipinski definition) is 2. The van der Waals surface area contributed by atoms with Crippen LogP contribution in [0.5, 0.6) is 0 Å². The van der Waals surface area contributed by atoms with Crippen molar-refractivity contribution in [1.82, 2.24) is 10.3 Å². The largest absolute Gasteiger partial charge is 0.326 e. The van der Waals surface area contributed by atoms with Crippen molar-refractivity contribution in [2.75, 3.05) is 30.1 Å². The Morgan fingerprint density at radius 2 is 1.78 bits per heavy atom. The van der Waals surface area contributed by atoms with Crippen LogP contribution in [-0.4, -0.2) is 42.8 Å². The summed E-state index contributed by atoms with van der Waals surface area (Å²) >= 11 is 5.65. The molecule has 7 nitrogen and oxygen atoms in total. The molecule has 3 aromatic rings. The van der Waals surface area contributed by atoms with E-state index in [1.807, 2.05) is 0 Å². The third-order valence-electron chi connectivity index (χ3n) is 5.87. The predicted octanol–water partition coefficient (Wildman–Crippen LogP) is 5.38. The van der Waals surface area contributed by atoms with Gasteiger partial charge < -0.3 is 14.8 Å². The third kappa shape index (κ3) is 5.81. The number of benzene rings is 2. The van der Waals surface area contributed by atoms with Gasteiger partial charge in [0, 0.05) is 18.0 Å².